The zero-order valence-corrected chi connectivity index (χ0v) is 16.2. The summed E-state index contributed by atoms with van der Waals surface area (Å²) in [6, 6.07) is 14.0. The number of ether oxygens (including phenoxy) is 1. The number of aromatic nitrogens is 1. The zero-order chi connectivity index (χ0) is 19.7. The molecule has 28 heavy (non-hydrogen) atoms. The number of furan rings is 1. The van der Waals surface area contributed by atoms with E-state index in [1.54, 1.807) is 55.1 Å². The maximum Gasteiger partial charge on any atom is 0.265 e. The number of methoxy groups -OCH3 is 1. The molecular formula is C21H18N2O4S. The Balaban J connectivity index is 1.82. The predicted octanol–water partition coefficient (Wildman–Crippen LogP) is 4.61. The second-order valence-electron chi connectivity index (χ2n) is 6.36. The molecule has 0 saturated heterocycles. The Kier molecular flexibility index (Phi) is 4.52. The third-order valence-electron chi connectivity index (χ3n) is 4.40. The number of pyridine rings is 1. The van der Waals surface area contributed by atoms with Crippen molar-refractivity contribution in [3.8, 4) is 16.9 Å². The summed E-state index contributed by atoms with van der Waals surface area (Å²) in [6.07, 6.45) is 4.94. The molecule has 0 aliphatic carbocycles. The van der Waals surface area contributed by atoms with Gasteiger partial charge in [0.05, 0.1) is 19.1 Å². The Morgan fingerprint density at radius 2 is 1.82 bits per heavy atom. The quantitative estimate of drug-likeness (QED) is 0.534. The number of nitrogens with one attached hydrogen (secondary N) is 1. The largest absolute Gasteiger partial charge is 0.495 e. The lowest BCUT2D eigenvalue weighted by atomic mass is 10.0. The lowest BCUT2D eigenvalue weighted by Gasteiger charge is -2.13. The monoisotopic (exact) mass is 394 g/mol. The molecule has 2 aromatic heterocycles. The molecule has 0 bridgehead atoms. The zero-order valence-electron chi connectivity index (χ0n) is 15.3. The second-order valence-corrected chi connectivity index (χ2v) is 8.01. The van der Waals surface area contributed by atoms with Gasteiger partial charge in [-0.1, -0.05) is 6.07 Å². The topological polar surface area (TPSA) is 81.4 Å². The number of nitrogens with zero attached hydrogens (tertiary/aromatic N) is 1. The van der Waals surface area contributed by atoms with Crippen molar-refractivity contribution >= 4 is 26.7 Å². The van der Waals surface area contributed by atoms with Gasteiger partial charge in [0.15, 0.2) is 0 Å². The van der Waals surface area contributed by atoms with Crippen molar-refractivity contribution in [3.63, 3.8) is 0 Å². The van der Waals surface area contributed by atoms with Crippen LogP contribution in [0.2, 0.25) is 0 Å². The maximum absolute atomic E-state index is 13.0. The van der Waals surface area contributed by atoms with E-state index in [-0.39, 0.29) is 10.6 Å². The summed E-state index contributed by atoms with van der Waals surface area (Å²) < 4.78 is 39.6. The van der Waals surface area contributed by atoms with Gasteiger partial charge >= 0.3 is 0 Å². The Morgan fingerprint density at radius 3 is 2.57 bits per heavy atom. The summed E-state index contributed by atoms with van der Waals surface area (Å²) in [4.78, 5) is 4.12. The van der Waals surface area contributed by atoms with Gasteiger partial charge in [-0.3, -0.25) is 9.71 Å². The van der Waals surface area contributed by atoms with Crippen molar-refractivity contribution in [2.45, 2.75) is 11.8 Å². The first-order valence-corrected chi connectivity index (χ1v) is 10.1. The number of rotatable bonds is 5. The van der Waals surface area contributed by atoms with Gasteiger partial charge in [0, 0.05) is 23.3 Å². The summed E-state index contributed by atoms with van der Waals surface area (Å²) in [6.45, 7) is 1.83. The molecule has 2 aromatic carbocycles. The van der Waals surface area contributed by atoms with Gasteiger partial charge in [0.1, 0.15) is 16.2 Å². The fourth-order valence-electron chi connectivity index (χ4n) is 3.09. The van der Waals surface area contributed by atoms with Crippen LogP contribution in [0.25, 0.3) is 22.1 Å². The fourth-order valence-corrected chi connectivity index (χ4v) is 4.39. The van der Waals surface area contributed by atoms with Gasteiger partial charge in [-0.15, -0.1) is 0 Å². The van der Waals surface area contributed by atoms with Crippen LogP contribution in [-0.2, 0) is 10.0 Å². The normalized spacial score (nSPS) is 11.5. The highest BCUT2D eigenvalue weighted by atomic mass is 32.2. The van der Waals surface area contributed by atoms with Crippen LogP contribution in [0.15, 0.2) is 76.5 Å². The van der Waals surface area contributed by atoms with Crippen LogP contribution >= 0.6 is 0 Å². The highest BCUT2D eigenvalue weighted by Crippen LogP contribution is 2.34. The maximum atomic E-state index is 13.0. The van der Waals surface area contributed by atoms with E-state index in [2.05, 4.69) is 9.71 Å². The molecule has 4 aromatic rings. The first kappa shape index (κ1) is 18.1. The summed E-state index contributed by atoms with van der Waals surface area (Å²) >= 11 is 0. The number of hydrogen-bond acceptors (Lipinski definition) is 5. The van der Waals surface area contributed by atoms with E-state index in [4.69, 9.17) is 9.15 Å². The van der Waals surface area contributed by atoms with E-state index in [9.17, 15) is 8.42 Å². The summed E-state index contributed by atoms with van der Waals surface area (Å²) in [5, 5.41) is 0.795. The first-order chi connectivity index (χ1) is 13.5. The molecule has 7 heteroatoms. The van der Waals surface area contributed by atoms with E-state index in [1.807, 2.05) is 19.1 Å². The van der Waals surface area contributed by atoms with Crippen molar-refractivity contribution in [2.75, 3.05) is 11.8 Å². The van der Waals surface area contributed by atoms with Gasteiger partial charge < -0.3 is 9.15 Å². The number of anilines is 1. The lowest BCUT2D eigenvalue weighted by Crippen LogP contribution is -2.14. The fraction of sp³-hybridized carbons (Fsp3) is 0.0952. The standard InChI is InChI=1S/C21H18N2O4S/c1-14-3-4-19(26-2)20(11-14)28(24,25)23-17-12-16-7-10-27-21(16)18(13-17)15-5-8-22-9-6-15/h3-13,23H,1-2H3. The third-order valence-corrected chi connectivity index (χ3v) is 5.81. The second kappa shape index (κ2) is 7.01. The number of benzene rings is 2. The molecule has 2 heterocycles. The van der Waals surface area contributed by atoms with Crippen LogP contribution in [0.1, 0.15) is 5.56 Å². The molecule has 0 aliphatic rings. The molecule has 6 nitrogen and oxygen atoms in total. The summed E-state index contributed by atoms with van der Waals surface area (Å²) in [5.41, 5.74) is 3.60. The molecule has 0 saturated carbocycles. The van der Waals surface area contributed by atoms with Gasteiger partial charge in [-0.25, -0.2) is 8.42 Å². The molecule has 1 N–H and O–H groups in total. The Hall–Kier alpha value is -3.32. The number of sulfonamides is 1. The predicted molar refractivity (Wildman–Crippen MR) is 108 cm³/mol. The molecule has 0 amide bonds. The minimum atomic E-state index is -3.85. The Morgan fingerprint density at radius 1 is 1.04 bits per heavy atom. The van der Waals surface area contributed by atoms with Crippen molar-refractivity contribution < 1.29 is 17.6 Å². The lowest BCUT2D eigenvalue weighted by molar-refractivity contribution is 0.402. The number of hydrogen-bond donors (Lipinski definition) is 1. The third kappa shape index (κ3) is 3.32. The van der Waals surface area contributed by atoms with Crippen LogP contribution in [0.5, 0.6) is 5.75 Å². The van der Waals surface area contributed by atoms with Crippen LogP contribution in [0.4, 0.5) is 5.69 Å². The van der Waals surface area contributed by atoms with Crippen molar-refractivity contribution in [2.24, 2.45) is 0 Å². The number of fused-ring (bicyclic) bond motifs is 1. The van der Waals surface area contributed by atoms with Crippen LogP contribution < -0.4 is 9.46 Å². The van der Waals surface area contributed by atoms with Crippen molar-refractivity contribution in [1.82, 2.24) is 4.98 Å². The minimum absolute atomic E-state index is 0.0905. The molecule has 0 radical (unpaired) electrons. The highest BCUT2D eigenvalue weighted by molar-refractivity contribution is 7.92. The van der Waals surface area contributed by atoms with Crippen LogP contribution in [0.3, 0.4) is 0 Å². The van der Waals surface area contributed by atoms with Crippen molar-refractivity contribution in [1.29, 1.82) is 0 Å². The Bertz CT molecular complexity index is 1250. The van der Waals surface area contributed by atoms with Gasteiger partial charge in [0.2, 0.25) is 0 Å². The first-order valence-electron chi connectivity index (χ1n) is 8.57. The highest BCUT2D eigenvalue weighted by Gasteiger charge is 2.21. The van der Waals surface area contributed by atoms with Crippen LogP contribution in [0, 0.1) is 6.92 Å². The smallest absolute Gasteiger partial charge is 0.265 e. The summed E-state index contributed by atoms with van der Waals surface area (Å²) in [5.74, 6) is 0.289. The SMILES string of the molecule is COc1ccc(C)cc1S(=O)(=O)Nc1cc(-c2ccncc2)c2occc2c1. The van der Waals surface area contributed by atoms with E-state index >= 15 is 0 Å². The van der Waals surface area contributed by atoms with Crippen LogP contribution in [-0.4, -0.2) is 20.5 Å². The molecule has 0 spiro atoms. The minimum Gasteiger partial charge on any atom is -0.495 e. The average molecular weight is 394 g/mol. The van der Waals surface area contributed by atoms with E-state index < -0.39 is 10.0 Å². The molecule has 0 atom stereocenters. The summed E-state index contributed by atoms with van der Waals surface area (Å²) in [7, 11) is -2.40. The average Bonchev–Trinajstić information content (AvgIpc) is 3.16. The van der Waals surface area contributed by atoms with Crippen molar-refractivity contribution in [3.05, 3.63) is 72.8 Å². The molecule has 0 fully saturated rings. The molecule has 142 valence electrons. The van der Waals surface area contributed by atoms with Gasteiger partial charge in [-0.05, 0) is 60.5 Å². The van der Waals surface area contributed by atoms with E-state index in [1.165, 1.54) is 7.11 Å². The Labute approximate surface area is 162 Å². The molecule has 4 rings (SSSR count). The van der Waals surface area contributed by atoms with E-state index in [0.29, 0.717) is 11.3 Å². The number of aryl methyl sites for hydroxylation is 1. The van der Waals surface area contributed by atoms with Gasteiger partial charge in [-0.2, -0.15) is 0 Å². The molecular weight excluding hydrogens is 376 g/mol. The molecule has 0 aliphatic heterocycles. The van der Waals surface area contributed by atoms with Gasteiger partial charge in [0.25, 0.3) is 10.0 Å². The molecule has 0 unspecified atom stereocenters. The van der Waals surface area contributed by atoms with E-state index in [0.717, 1.165) is 22.1 Å².